The zero-order valence-corrected chi connectivity index (χ0v) is 17.2. The summed E-state index contributed by atoms with van der Waals surface area (Å²) in [4.78, 5) is 0. The van der Waals surface area contributed by atoms with Crippen LogP contribution in [0.1, 0.15) is 41.7 Å². The predicted octanol–water partition coefficient (Wildman–Crippen LogP) is 6.00. The van der Waals surface area contributed by atoms with Crippen LogP contribution in [0.4, 0.5) is 26.3 Å². The fraction of sp³-hybridized carbons (Fsp3) is 0.455. The summed E-state index contributed by atoms with van der Waals surface area (Å²) in [5.41, 5.74) is -1.75. The molecule has 0 bridgehead atoms. The van der Waals surface area contributed by atoms with Gasteiger partial charge >= 0.3 is 12.4 Å². The van der Waals surface area contributed by atoms with Crippen LogP contribution in [0.15, 0.2) is 48.5 Å². The first kappa shape index (κ1) is 25.2. The molecule has 0 heterocycles. The number of rotatable bonds is 10. The monoisotopic (exact) mass is 449 g/mol. The van der Waals surface area contributed by atoms with E-state index in [2.05, 4.69) is 5.32 Å². The van der Waals surface area contributed by atoms with E-state index in [1.165, 1.54) is 12.5 Å². The van der Waals surface area contributed by atoms with E-state index < -0.39 is 29.6 Å². The van der Waals surface area contributed by atoms with Gasteiger partial charge in [-0.1, -0.05) is 30.3 Å². The minimum Gasteiger partial charge on any atom is -0.380 e. The highest BCUT2D eigenvalue weighted by Crippen LogP contribution is 2.37. The Kier molecular flexibility index (Phi) is 8.90. The van der Waals surface area contributed by atoms with Gasteiger partial charge < -0.3 is 9.47 Å². The highest BCUT2D eigenvalue weighted by molar-refractivity contribution is 5.34. The van der Waals surface area contributed by atoms with Gasteiger partial charge in [0.1, 0.15) is 0 Å². The lowest BCUT2D eigenvalue weighted by atomic mass is 10.0. The third kappa shape index (κ3) is 8.16. The summed E-state index contributed by atoms with van der Waals surface area (Å²) in [5, 5.41) is 2.97. The molecule has 2 aromatic rings. The van der Waals surface area contributed by atoms with E-state index >= 15 is 0 Å². The third-order valence-electron chi connectivity index (χ3n) is 4.82. The molecule has 172 valence electrons. The van der Waals surface area contributed by atoms with Crippen LogP contribution in [0.2, 0.25) is 0 Å². The molecule has 0 aliphatic carbocycles. The molecule has 2 rings (SSSR count). The van der Waals surface area contributed by atoms with E-state index in [4.69, 9.17) is 9.47 Å². The Labute approximate surface area is 177 Å². The second kappa shape index (κ2) is 11.0. The fourth-order valence-electron chi connectivity index (χ4n) is 2.99. The van der Waals surface area contributed by atoms with E-state index in [1.807, 2.05) is 30.3 Å². The largest absolute Gasteiger partial charge is 0.416 e. The molecule has 1 unspecified atom stereocenters. The maximum atomic E-state index is 13.0. The summed E-state index contributed by atoms with van der Waals surface area (Å²) in [6.07, 6.45) is -9.32. The van der Waals surface area contributed by atoms with Gasteiger partial charge in [0.25, 0.3) is 0 Å². The predicted molar refractivity (Wildman–Crippen MR) is 104 cm³/mol. The Morgan fingerprint density at radius 2 is 1.48 bits per heavy atom. The number of benzene rings is 2. The number of hydrogen-bond acceptors (Lipinski definition) is 3. The molecular formula is C22H25F6NO2. The van der Waals surface area contributed by atoms with Crippen LogP contribution < -0.4 is 5.32 Å². The van der Waals surface area contributed by atoms with Gasteiger partial charge in [0.2, 0.25) is 0 Å². The summed E-state index contributed by atoms with van der Waals surface area (Å²) in [7, 11) is 1.57. The van der Waals surface area contributed by atoms with Crippen molar-refractivity contribution in [1.82, 2.24) is 5.32 Å². The number of nitrogens with one attached hydrogen (secondary N) is 1. The van der Waals surface area contributed by atoms with Gasteiger partial charge in [0.15, 0.2) is 0 Å². The molecule has 0 aliphatic rings. The van der Waals surface area contributed by atoms with Crippen LogP contribution in [-0.2, 0) is 28.2 Å². The Morgan fingerprint density at radius 1 is 0.903 bits per heavy atom. The number of aryl methyl sites for hydroxylation is 1. The Bertz CT molecular complexity index is 776. The van der Waals surface area contributed by atoms with Crippen LogP contribution in [0.5, 0.6) is 0 Å². The average Bonchev–Trinajstić information content (AvgIpc) is 2.72. The van der Waals surface area contributed by atoms with Gasteiger partial charge in [-0.3, -0.25) is 5.32 Å². The fourth-order valence-corrected chi connectivity index (χ4v) is 2.99. The molecule has 0 saturated carbocycles. The van der Waals surface area contributed by atoms with Crippen LogP contribution in [0.3, 0.4) is 0 Å². The van der Waals surface area contributed by atoms with Crippen LogP contribution >= 0.6 is 0 Å². The lowest BCUT2D eigenvalue weighted by Gasteiger charge is -2.20. The standard InChI is InChI=1S/C22H25F6NO2/c1-15(17-10-18(21(23,24)25)12-19(11-17)22(26,27)28)31-14-29-13-20(30-2)9-8-16-6-4-3-5-7-16/h3-7,10-12,15,20,29H,8-9,13-14H2,1-2H3/t15-,20?/m1/s1. The molecule has 0 spiro atoms. The first-order chi connectivity index (χ1) is 14.5. The van der Waals surface area contributed by atoms with Crippen LogP contribution in [0.25, 0.3) is 0 Å². The second-order valence-electron chi connectivity index (χ2n) is 7.13. The highest BCUT2D eigenvalue weighted by atomic mass is 19.4. The average molecular weight is 449 g/mol. The van der Waals surface area contributed by atoms with Gasteiger partial charge in [-0.25, -0.2) is 0 Å². The summed E-state index contributed by atoms with van der Waals surface area (Å²) >= 11 is 0. The zero-order valence-electron chi connectivity index (χ0n) is 17.2. The van der Waals surface area contributed by atoms with Gasteiger partial charge in [0, 0.05) is 13.7 Å². The second-order valence-corrected chi connectivity index (χ2v) is 7.13. The topological polar surface area (TPSA) is 30.5 Å². The molecule has 0 aliphatic heterocycles. The molecule has 0 aromatic heterocycles. The van der Waals surface area contributed by atoms with Crippen molar-refractivity contribution in [2.45, 2.75) is 44.3 Å². The molecule has 3 nitrogen and oxygen atoms in total. The molecule has 0 amide bonds. The van der Waals surface area contributed by atoms with Crippen molar-refractivity contribution in [3.8, 4) is 0 Å². The van der Waals surface area contributed by atoms with Gasteiger partial charge in [0.05, 0.1) is 30.1 Å². The van der Waals surface area contributed by atoms with E-state index in [0.29, 0.717) is 18.7 Å². The van der Waals surface area contributed by atoms with E-state index in [0.717, 1.165) is 12.8 Å². The SMILES string of the molecule is COC(CCc1ccccc1)CNCO[C@H](C)c1cc(C(F)(F)F)cc(C(F)(F)F)c1. The van der Waals surface area contributed by atoms with Gasteiger partial charge in [-0.2, -0.15) is 26.3 Å². The minimum atomic E-state index is -4.89. The normalized spacial score (nSPS) is 14.5. The number of methoxy groups -OCH3 is 1. The highest BCUT2D eigenvalue weighted by Gasteiger charge is 2.37. The van der Waals surface area contributed by atoms with E-state index in [9.17, 15) is 26.3 Å². The molecule has 31 heavy (non-hydrogen) atoms. The van der Waals surface area contributed by atoms with Crippen molar-refractivity contribution in [2.24, 2.45) is 0 Å². The maximum Gasteiger partial charge on any atom is 0.416 e. The Hall–Kier alpha value is -2.10. The maximum absolute atomic E-state index is 13.0. The van der Waals surface area contributed by atoms with Crippen molar-refractivity contribution in [2.75, 3.05) is 20.4 Å². The van der Waals surface area contributed by atoms with Crippen molar-refractivity contribution in [1.29, 1.82) is 0 Å². The molecule has 9 heteroatoms. The Morgan fingerprint density at radius 3 is 2.00 bits per heavy atom. The minimum absolute atomic E-state index is 0.0516. The first-order valence-electron chi connectivity index (χ1n) is 9.69. The smallest absolute Gasteiger partial charge is 0.380 e. The summed E-state index contributed by atoms with van der Waals surface area (Å²) in [5.74, 6) is 0. The molecule has 0 fully saturated rings. The molecule has 0 radical (unpaired) electrons. The van der Waals surface area contributed by atoms with E-state index in [-0.39, 0.29) is 24.5 Å². The van der Waals surface area contributed by atoms with Gasteiger partial charge in [-0.05, 0) is 49.1 Å². The first-order valence-corrected chi connectivity index (χ1v) is 9.69. The van der Waals surface area contributed by atoms with Crippen LogP contribution in [-0.4, -0.2) is 26.5 Å². The van der Waals surface area contributed by atoms with E-state index in [1.54, 1.807) is 7.11 Å². The number of hydrogen-bond donors (Lipinski definition) is 1. The molecule has 2 atom stereocenters. The molecular weight excluding hydrogens is 424 g/mol. The Balaban J connectivity index is 1.90. The molecule has 0 saturated heterocycles. The van der Waals surface area contributed by atoms with Crippen molar-refractivity contribution < 1.29 is 35.8 Å². The van der Waals surface area contributed by atoms with Gasteiger partial charge in [-0.15, -0.1) is 0 Å². The summed E-state index contributed by atoms with van der Waals surface area (Å²) in [6, 6.07) is 11.3. The molecule has 2 aromatic carbocycles. The lowest BCUT2D eigenvalue weighted by Crippen LogP contribution is -2.31. The number of alkyl halides is 6. The third-order valence-corrected chi connectivity index (χ3v) is 4.82. The quantitative estimate of drug-likeness (QED) is 0.274. The zero-order chi connectivity index (χ0) is 23.1. The van der Waals surface area contributed by atoms with Crippen molar-refractivity contribution in [3.05, 3.63) is 70.8 Å². The van der Waals surface area contributed by atoms with Crippen molar-refractivity contribution in [3.63, 3.8) is 0 Å². The van der Waals surface area contributed by atoms with Crippen molar-refractivity contribution >= 4 is 0 Å². The lowest BCUT2D eigenvalue weighted by molar-refractivity contribution is -0.143. The number of halogens is 6. The summed E-state index contributed by atoms with van der Waals surface area (Å²) in [6.45, 7) is 1.77. The molecule has 1 N–H and O–H groups in total. The summed E-state index contributed by atoms with van der Waals surface area (Å²) < 4.78 is 88.8. The van der Waals surface area contributed by atoms with Crippen LogP contribution in [0, 0.1) is 0 Å². The number of ether oxygens (including phenoxy) is 2.